The number of hydrogen-bond acceptors (Lipinski definition) is 3. The Bertz CT molecular complexity index is 217. The quantitative estimate of drug-likeness (QED) is 0.501. The van der Waals surface area contributed by atoms with E-state index in [0.29, 0.717) is 19.3 Å². The van der Waals surface area contributed by atoms with Crippen LogP contribution < -0.4 is 11.1 Å². The lowest BCUT2D eigenvalue weighted by atomic mass is 9.89. The van der Waals surface area contributed by atoms with Crippen molar-refractivity contribution in [1.29, 1.82) is 0 Å². The van der Waals surface area contributed by atoms with E-state index in [0.717, 1.165) is 0 Å². The van der Waals surface area contributed by atoms with E-state index >= 15 is 0 Å². The summed E-state index contributed by atoms with van der Waals surface area (Å²) in [6.45, 7) is -0.0475. The Labute approximate surface area is 69.9 Å². The zero-order chi connectivity index (χ0) is 9.19. The summed E-state index contributed by atoms with van der Waals surface area (Å²) < 4.78 is 0. The molecule has 1 amide bonds. The lowest BCUT2D eigenvalue weighted by Crippen LogP contribution is -2.61. The third-order valence-electron chi connectivity index (χ3n) is 2.14. The number of nitrogens with two attached hydrogens (primary N) is 1. The molecule has 12 heavy (non-hydrogen) atoms. The molecule has 0 aromatic carbocycles. The van der Waals surface area contributed by atoms with Crippen molar-refractivity contribution in [3.63, 3.8) is 0 Å². The number of carboxylic acid groups (broad SMARTS) is 1. The molecule has 0 aliphatic carbocycles. The van der Waals surface area contributed by atoms with Gasteiger partial charge in [0.05, 0.1) is 0 Å². The van der Waals surface area contributed by atoms with Crippen molar-refractivity contribution in [3.05, 3.63) is 0 Å². The molecule has 0 saturated carbocycles. The number of carboxylic acids is 1. The van der Waals surface area contributed by atoms with Crippen molar-refractivity contribution in [2.24, 2.45) is 5.73 Å². The van der Waals surface area contributed by atoms with Crippen LogP contribution >= 0.6 is 0 Å². The van der Waals surface area contributed by atoms with Crippen molar-refractivity contribution in [2.45, 2.75) is 24.8 Å². The molecule has 0 aromatic rings. The predicted octanol–water partition coefficient (Wildman–Crippen LogP) is -0.931. The van der Waals surface area contributed by atoms with Gasteiger partial charge in [0, 0.05) is 13.0 Å². The fourth-order valence-corrected chi connectivity index (χ4v) is 1.34. The Morgan fingerprint density at radius 2 is 2.42 bits per heavy atom. The van der Waals surface area contributed by atoms with Gasteiger partial charge in [0.1, 0.15) is 5.54 Å². The molecular formula is C7H12N2O3. The van der Waals surface area contributed by atoms with Crippen LogP contribution in [0.2, 0.25) is 0 Å². The maximum Gasteiger partial charge on any atom is 0.330 e. The molecule has 1 unspecified atom stereocenters. The van der Waals surface area contributed by atoms with Gasteiger partial charge in [-0.25, -0.2) is 4.79 Å². The van der Waals surface area contributed by atoms with E-state index in [1.807, 2.05) is 0 Å². The molecule has 0 spiro atoms. The Kier molecular flexibility index (Phi) is 2.32. The van der Waals surface area contributed by atoms with E-state index in [2.05, 4.69) is 5.32 Å². The number of nitrogens with one attached hydrogen (secondary N) is 1. The topological polar surface area (TPSA) is 92.4 Å². The molecule has 4 N–H and O–H groups in total. The first-order valence-corrected chi connectivity index (χ1v) is 3.85. The van der Waals surface area contributed by atoms with Crippen molar-refractivity contribution in [1.82, 2.24) is 5.32 Å². The number of aliphatic carboxylic acids is 1. The Morgan fingerprint density at radius 3 is 2.75 bits per heavy atom. The number of rotatable bonds is 2. The molecule has 1 heterocycles. The van der Waals surface area contributed by atoms with Gasteiger partial charge in [-0.1, -0.05) is 0 Å². The smallest absolute Gasteiger partial charge is 0.330 e. The van der Waals surface area contributed by atoms with Crippen LogP contribution in [-0.4, -0.2) is 29.1 Å². The van der Waals surface area contributed by atoms with E-state index in [-0.39, 0.29) is 12.5 Å². The van der Waals surface area contributed by atoms with Crippen LogP contribution in [-0.2, 0) is 9.59 Å². The van der Waals surface area contributed by atoms with Crippen molar-refractivity contribution in [2.75, 3.05) is 6.54 Å². The predicted molar refractivity (Wildman–Crippen MR) is 41.4 cm³/mol. The molecule has 0 radical (unpaired) electrons. The molecule has 68 valence electrons. The molecular weight excluding hydrogens is 160 g/mol. The number of amides is 1. The average molecular weight is 172 g/mol. The maximum atomic E-state index is 10.9. The van der Waals surface area contributed by atoms with Gasteiger partial charge in [0.25, 0.3) is 0 Å². The zero-order valence-electron chi connectivity index (χ0n) is 6.67. The van der Waals surface area contributed by atoms with Crippen LogP contribution in [0.1, 0.15) is 19.3 Å². The van der Waals surface area contributed by atoms with Crippen LogP contribution in [0, 0.1) is 0 Å². The van der Waals surface area contributed by atoms with Gasteiger partial charge in [-0.05, 0) is 12.8 Å². The lowest BCUT2D eigenvalue weighted by Gasteiger charge is -2.32. The second kappa shape index (κ2) is 3.10. The summed E-state index contributed by atoms with van der Waals surface area (Å²) in [5.74, 6) is -1.27. The fourth-order valence-electron chi connectivity index (χ4n) is 1.34. The highest BCUT2D eigenvalue weighted by Crippen LogP contribution is 2.18. The first-order chi connectivity index (χ1) is 5.60. The highest BCUT2D eigenvalue weighted by molar-refractivity contribution is 5.88. The largest absolute Gasteiger partial charge is 0.479 e. The van der Waals surface area contributed by atoms with Crippen LogP contribution in [0.4, 0.5) is 0 Å². The minimum Gasteiger partial charge on any atom is -0.479 e. The molecule has 1 aliphatic rings. The summed E-state index contributed by atoms with van der Waals surface area (Å²) in [5.41, 5.74) is 4.09. The SMILES string of the molecule is NCC1(C(=O)O)CCCC(=O)N1. The molecule has 1 rings (SSSR count). The lowest BCUT2D eigenvalue weighted by molar-refractivity contribution is -0.149. The minimum absolute atomic E-state index is 0.0475. The fraction of sp³-hybridized carbons (Fsp3) is 0.714. The standard InChI is InChI=1S/C7H12N2O3/c8-4-7(6(11)12)3-1-2-5(10)9-7/h1-4,8H2,(H,9,10)(H,11,12). The van der Waals surface area contributed by atoms with Crippen LogP contribution in [0.5, 0.6) is 0 Å². The van der Waals surface area contributed by atoms with Gasteiger partial charge in [-0.3, -0.25) is 4.79 Å². The second-order valence-electron chi connectivity index (χ2n) is 2.99. The van der Waals surface area contributed by atoms with E-state index < -0.39 is 11.5 Å². The third-order valence-corrected chi connectivity index (χ3v) is 2.14. The second-order valence-corrected chi connectivity index (χ2v) is 2.99. The van der Waals surface area contributed by atoms with E-state index in [1.54, 1.807) is 0 Å². The normalized spacial score (nSPS) is 29.6. The molecule has 1 aliphatic heterocycles. The molecule has 5 nitrogen and oxygen atoms in total. The molecule has 5 heteroatoms. The first kappa shape index (κ1) is 8.99. The maximum absolute atomic E-state index is 10.9. The van der Waals surface area contributed by atoms with Gasteiger partial charge in [0.2, 0.25) is 5.91 Å². The van der Waals surface area contributed by atoms with Crippen molar-refractivity contribution >= 4 is 11.9 Å². The summed E-state index contributed by atoms with van der Waals surface area (Å²) in [6.07, 6.45) is 1.41. The average Bonchev–Trinajstić information content (AvgIpc) is 2.04. The number of carbonyl (C=O) groups is 2. The van der Waals surface area contributed by atoms with Crippen LogP contribution in [0.3, 0.4) is 0 Å². The van der Waals surface area contributed by atoms with Gasteiger partial charge in [-0.15, -0.1) is 0 Å². The summed E-state index contributed by atoms with van der Waals surface area (Å²) >= 11 is 0. The third kappa shape index (κ3) is 1.40. The number of carbonyl (C=O) groups excluding carboxylic acids is 1. The molecule has 0 aromatic heterocycles. The van der Waals surface area contributed by atoms with Crippen molar-refractivity contribution in [3.8, 4) is 0 Å². The minimum atomic E-state index is -1.21. The zero-order valence-corrected chi connectivity index (χ0v) is 6.67. The highest BCUT2D eigenvalue weighted by atomic mass is 16.4. The summed E-state index contributed by atoms with van der Waals surface area (Å²) in [4.78, 5) is 21.7. The Hall–Kier alpha value is -1.10. The van der Waals surface area contributed by atoms with E-state index in [1.165, 1.54) is 0 Å². The van der Waals surface area contributed by atoms with Gasteiger partial charge < -0.3 is 16.2 Å². The van der Waals surface area contributed by atoms with Crippen LogP contribution in [0.25, 0.3) is 0 Å². The molecule has 1 fully saturated rings. The van der Waals surface area contributed by atoms with Gasteiger partial charge in [0.15, 0.2) is 0 Å². The molecule has 1 atom stereocenters. The monoisotopic (exact) mass is 172 g/mol. The highest BCUT2D eigenvalue weighted by Gasteiger charge is 2.40. The molecule has 0 bridgehead atoms. The Balaban J connectivity index is 2.78. The number of piperidine rings is 1. The van der Waals surface area contributed by atoms with E-state index in [4.69, 9.17) is 10.8 Å². The van der Waals surface area contributed by atoms with Crippen molar-refractivity contribution < 1.29 is 14.7 Å². The van der Waals surface area contributed by atoms with Gasteiger partial charge in [-0.2, -0.15) is 0 Å². The molecule has 1 saturated heterocycles. The first-order valence-electron chi connectivity index (χ1n) is 3.85. The summed E-state index contributed by atoms with van der Waals surface area (Å²) in [7, 11) is 0. The van der Waals surface area contributed by atoms with Crippen LogP contribution in [0.15, 0.2) is 0 Å². The number of hydrogen-bond donors (Lipinski definition) is 3. The summed E-state index contributed by atoms with van der Waals surface area (Å²) in [6, 6.07) is 0. The summed E-state index contributed by atoms with van der Waals surface area (Å²) in [5, 5.41) is 11.2. The van der Waals surface area contributed by atoms with E-state index in [9.17, 15) is 9.59 Å². The van der Waals surface area contributed by atoms with Gasteiger partial charge >= 0.3 is 5.97 Å². The Morgan fingerprint density at radius 1 is 1.75 bits per heavy atom.